The maximum absolute atomic E-state index is 12.5. The first kappa shape index (κ1) is 13.8. The van der Waals surface area contributed by atoms with Gasteiger partial charge in [0.1, 0.15) is 5.82 Å². The van der Waals surface area contributed by atoms with Crippen molar-refractivity contribution in [3.63, 3.8) is 0 Å². The Balaban J connectivity index is 2.35. The second-order valence-corrected chi connectivity index (χ2v) is 6.62. The molecule has 1 aliphatic heterocycles. The maximum Gasteiger partial charge on any atom is 0.262 e. The van der Waals surface area contributed by atoms with Crippen LogP contribution in [0.2, 0.25) is 0 Å². The summed E-state index contributed by atoms with van der Waals surface area (Å²) in [6, 6.07) is -0.0938. The lowest BCUT2D eigenvalue weighted by atomic mass is 10.3. The van der Waals surface area contributed by atoms with Crippen molar-refractivity contribution in [1.82, 2.24) is 13.9 Å². The van der Waals surface area contributed by atoms with Crippen molar-refractivity contribution in [3.8, 4) is 0 Å². The fourth-order valence-corrected chi connectivity index (χ4v) is 4.42. The molecule has 0 radical (unpaired) electrons. The monoisotopic (exact) mass is 291 g/mol. The van der Waals surface area contributed by atoms with Gasteiger partial charge in [0.25, 0.3) is 10.0 Å². The van der Waals surface area contributed by atoms with E-state index in [1.165, 1.54) is 4.31 Å². The minimum Gasteiger partial charge on any atom is -0.334 e. The Hall–Kier alpha value is -0.590. The standard InChI is InChI=1S/C11H18ClN3O2S/c1-3-14-8-11(13-9(14)2)18(16,17)15-6-4-5-10(15)7-12/h8,10H,3-7H2,1-2H3. The summed E-state index contributed by atoms with van der Waals surface area (Å²) in [5.41, 5.74) is 0. The minimum atomic E-state index is -3.49. The Bertz CT molecular complexity index is 526. The van der Waals surface area contributed by atoms with Crippen molar-refractivity contribution < 1.29 is 8.42 Å². The summed E-state index contributed by atoms with van der Waals surface area (Å²) in [5.74, 6) is 1.06. The van der Waals surface area contributed by atoms with Crippen LogP contribution in [0.3, 0.4) is 0 Å². The third-order valence-electron chi connectivity index (χ3n) is 3.37. The first-order valence-electron chi connectivity index (χ1n) is 6.12. The molecule has 0 aromatic carbocycles. The van der Waals surface area contributed by atoms with E-state index in [1.807, 2.05) is 18.4 Å². The number of hydrogen-bond donors (Lipinski definition) is 0. The van der Waals surface area contributed by atoms with Crippen LogP contribution >= 0.6 is 11.6 Å². The fraction of sp³-hybridized carbons (Fsp3) is 0.727. The van der Waals surface area contributed by atoms with E-state index in [1.54, 1.807) is 6.20 Å². The molecule has 1 unspecified atom stereocenters. The third-order valence-corrected chi connectivity index (χ3v) is 5.55. The molecule has 2 rings (SSSR count). The number of halogens is 1. The average molecular weight is 292 g/mol. The Morgan fingerprint density at radius 2 is 2.28 bits per heavy atom. The predicted octanol–water partition coefficient (Wildman–Crippen LogP) is 1.60. The van der Waals surface area contributed by atoms with Gasteiger partial charge in [0.15, 0.2) is 5.03 Å². The highest BCUT2D eigenvalue weighted by molar-refractivity contribution is 7.89. The normalized spacial score (nSPS) is 21.6. The first-order valence-corrected chi connectivity index (χ1v) is 8.09. The molecule has 2 heterocycles. The second-order valence-electron chi connectivity index (χ2n) is 4.48. The van der Waals surface area contributed by atoms with Gasteiger partial charge < -0.3 is 4.57 Å². The van der Waals surface area contributed by atoms with Crippen molar-refractivity contribution in [1.29, 1.82) is 0 Å². The van der Waals surface area contributed by atoms with Crippen LogP contribution in [0.25, 0.3) is 0 Å². The lowest BCUT2D eigenvalue weighted by Crippen LogP contribution is -2.36. The molecule has 1 aromatic heterocycles. The third kappa shape index (κ3) is 2.29. The summed E-state index contributed by atoms with van der Waals surface area (Å²) < 4.78 is 28.3. The number of nitrogens with zero attached hydrogens (tertiary/aromatic N) is 3. The van der Waals surface area contributed by atoms with Crippen LogP contribution in [0.15, 0.2) is 11.2 Å². The van der Waals surface area contributed by atoms with E-state index in [0.29, 0.717) is 19.0 Å². The van der Waals surface area contributed by atoms with Gasteiger partial charge in [-0.25, -0.2) is 13.4 Å². The van der Waals surface area contributed by atoms with Gasteiger partial charge in [0.2, 0.25) is 0 Å². The summed E-state index contributed by atoms with van der Waals surface area (Å²) in [6.45, 7) is 5.03. The minimum absolute atomic E-state index is 0.0938. The second kappa shape index (κ2) is 5.19. The van der Waals surface area contributed by atoms with E-state index < -0.39 is 10.0 Å². The zero-order valence-electron chi connectivity index (χ0n) is 10.6. The molecule has 18 heavy (non-hydrogen) atoms. The molecule has 1 atom stereocenters. The molecule has 0 spiro atoms. The summed E-state index contributed by atoms with van der Waals surface area (Å²) in [4.78, 5) is 4.16. The smallest absolute Gasteiger partial charge is 0.262 e. The van der Waals surface area contributed by atoms with Crippen LogP contribution in [-0.4, -0.2) is 40.7 Å². The van der Waals surface area contributed by atoms with Crippen LogP contribution < -0.4 is 0 Å². The van der Waals surface area contributed by atoms with Gasteiger partial charge >= 0.3 is 0 Å². The molecular formula is C11H18ClN3O2S. The number of imidazole rings is 1. The Kier molecular flexibility index (Phi) is 3.99. The molecule has 7 heteroatoms. The molecular weight excluding hydrogens is 274 g/mol. The van der Waals surface area contributed by atoms with E-state index in [2.05, 4.69) is 4.98 Å². The Morgan fingerprint density at radius 1 is 1.56 bits per heavy atom. The molecule has 1 aliphatic rings. The highest BCUT2D eigenvalue weighted by Crippen LogP contribution is 2.26. The van der Waals surface area contributed by atoms with Crippen molar-refractivity contribution in [3.05, 3.63) is 12.0 Å². The summed E-state index contributed by atoms with van der Waals surface area (Å²) in [5, 5.41) is 0.138. The van der Waals surface area contributed by atoms with Crippen molar-refractivity contribution >= 4 is 21.6 Å². The SMILES string of the molecule is CCn1cc(S(=O)(=O)N2CCCC2CCl)nc1C. The van der Waals surface area contributed by atoms with Gasteiger partial charge in [-0.2, -0.15) is 4.31 Å². The van der Waals surface area contributed by atoms with Crippen LogP contribution in [0, 0.1) is 6.92 Å². The molecule has 1 aromatic rings. The van der Waals surface area contributed by atoms with Gasteiger partial charge in [-0.3, -0.25) is 0 Å². The number of rotatable bonds is 4. The number of hydrogen-bond acceptors (Lipinski definition) is 3. The van der Waals surface area contributed by atoms with Gasteiger partial charge in [-0.1, -0.05) is 0 Å². The number of aryl methyl sites for hydroxylation is 2. The molecule has 1 fully saturated rings. The van der Waals surface area contributed by atoms with Crippen molar-refractivity contribution in [2.24, 2.45) is 0 Å². The van der Waals surface area contributed by atoms with Crippen LogP contribution in [0.4, 0.5) is 0 Å². The van der Waals surface area contributed by atoms with Crippen LogP contribution in [0.5, 0.6) is 0 Å². The highest BCUT2D eigenvalue weighted by Gasteiger charge is 2.36. The largest absolute Gasteiger partial charge is 0.334 e. The van der Waals surface area contributed by atoms with Crippen molar-refractivity contribution in [2.75, 3.05) is 12.4 Å². The van der Waals surface area contributed by atoms with E-state index >= 15 is 0 Å². The predicted molar refractivity (Wildman–Crippen MR) is 70.3 cm³/mol. The maximum atomic E-state index is 12.5. The molecule has 0 bridgehead atoms. The lowest BCUT2D eigenvalue weighted by Gasteiger charge is -2.20. The number of sulfonamides is 1. The summed E-state index contributed by atoms with van der Waals surface area (Å²) in [7, 11) is -3.49. The van der Waals surface area contributed by atoms with E-state index in [0.717, 1.165) is 18.7 Å². The summed E-state index contributed by atoms with van der Waals surface area (Å²) in [6.07, 6.45) is 3.30. The van der Waals surface area contributed by atoms with E-state index in [-0.39, 0.29) is 11.1 Å². The molecule has 0 aliphatic carbocycles. The zero-order chi connectivity index (χ0) is 13.3. The van der Waals surface area contributed by atoms with Crippen LogP contribution in [-0.2, 0) is 16.6 Å². The molecule has 0 amide bonds. The fourth-order valence-electron chi connectivity index (χ4n) is 2.32. The number of alkyl halides is 1. The molecule has 102 valence electrons. The topological polar surface area (TPSA) is 55.2 Å². The highest BCUT2D eigenvalue weighted by atomic mass is 35.5. The van der Waals surface area contributed by atoms with Crippen molar-refractivity contribution in [2.45, 2.75) is 44.3 Å². The molecule has 1 saturated heterocycles. The summed E-state index contributed by atoms with van der Waals surface area (Å²) >= 11 is 5.83. The van der Waals surface area contributed by atoms with E-state index in [4.69, 9.17) is 11.6 Å². The Labute approximate surface area is 113 Å². The van der Waals surface area contributed by atoms with Gasteiger partial charge in [0.05, 0.1) is 0 Å². The molecule has 0 saturated carbocycles. The molecule has 0 N–H and O–H groups in total. The zero-order valence-corrected chi connectivity index (χ0v) is 12.2. The quantitative estimate of drug-likeness (QED) is 0.792. The molecule has 5 nitrogen and oxygen atoms in total. The lowest BCUT2D eigenvalue weighted by molar-refractivity contribution is 0.409. The first-order chi connectivity index (χ1) is 8.50. The Morgan fingerprint density at radius 3 is 2.83 bits per heavy atom. The van der Waals surface area contributed by atoms with E-state index in [9.17, 15) is 8.42 Å². The number of aromatic nitrogens is 2. The average Bonchev–Trinajstić information content (AvgIpc) is 2.94. The van der Waals surface area contributed by atoms with Crippen LogP contribution in [0.1, 0.15) is 25.6 Å². The van der Waals surface area contributed by atoms with Gasteiger partial charge in [-0.15, -0.1) is 11.6 Å². The van der Waals surface area contributed by atoms with Gasteiger partial charge in [-0.05, 0) is 26.7 Å². The van der Waals surface area contributed by atoms with Gasteiger partial charge in [0, 0.05) is 31.2 Å².